The Bertz CT molecular complexity index is 804. The first-order chi connectivity index (χ1) is 12.8. The van der Waals surface area contributed by atoms with Crippen LogP contribution < -0.4 is 10.1 Å². The summed E-state index contributed by atoms with van der Waals surface area (Å²) >= 11 is 0. The molecular formula is C22H27NO4. The highest BCUT2D eigenvalue weighted by Gasteiger charge is 2.13. The van der Waals surface area contributed by atoms with Crippen molar-refractivity contribution in [3.8, 4) is 5.75 Å². The maximum atomic E-state index is 12.2. The SMILES string of the molecule is Cc1cc(C)c(NC(=O)COC(=O)c2cccc(OCC(C)C)c2)c(C)c1. The Morgan fingerprint density at radius 2 is 1.70 bits per heavy atom. The largest absolute Gasteiger partial charge is 0.493 e. The van der Waals surface area contributed by atoms with Gasteiger partial charge in [-0.2, -0.15) is 0 Å². The smallest absolute Gasteiger partial charge is 0.338 e. The number of hydrogen-bond acceptors (Lipinski definition) is 4. The Labute approximate surface area is 160 Å². The summed E-state index contributed by atoms with van der Waals surface area (Å²) in [7, 11) is 0. The van der Waals surface area contributed by atoms with Gasteiger partial charge < -0.3 is 14.8 Å². The zero-order valence-corrected chi connectivity index (χ0v) is 16.6. The molecule has 0 spiro atoms. The van der Waals surface area contributed by atoms with Gasteiger partial charge in [0, 0.05) is 5.69 Å². The number of nitrogens with one attached hydrogen (secondary N) is 1. The van der Waals surface area contributed by atoms with E-state index in [1.54, 1.807) is 24.3 Å². The number of aryl methyl sites for hydroxylation is 3. The fourth-order valence-corrected chi connectivity index (χ4v) is 2.74. The van der Waals surface area contributed by atoms with Crippen molar-refractivity contribution >= 4 is 17.6 Å². The number of rotatable bonds is 7. The van der Waals surface area contributed by atoms with Crippen molar-refractivity contribution in [3.63, 3.8) is 0 Å². The maximum Gasteiger partial charge on any atom is 0.338 e. The van der Waals surface area contributed by atoms with Gasteiger partial charge in [-0.3, -0.25) is 4.79 Å². The summed E-state index contributed by atoms with van der Waals surface area (Å²) in [4.78, 5) is 24.4. The standard InChI is InChI=1S/C22H27NO4/c1-14(2)12-26-19-8-6-7-18(11-19)22(25)27-13-20(24)23-21-16(4)9-15(3)10-17(21)5/h6-11,14H,12-13H2,1-5H3,(H,23,24). The summed E-state index contributed by atoms with van der Waals surface area (Å²) in [5, 5.41) is 2.82. The average Bonchev–Trinajstić information content (AvgIpc) is 2.61. The molecule has 0 fully saturated rings. The molecule has 5 nitrogen and oxygen atoms in total. The van der Waals surface area contributed by atoms with E-state index < -0.39 is 5.97 Å². The molecule has 0 radical (unpaired) electrons. The number of anilines is 1. The summed E-state index contributed by atoms with van der Waals surface area (Å²) < 4.78 is 10.8. The second-order valence-corrected chi connectivity index (χ2v) is 7.13. The van der Waals surface area contributed by atoms with Crippen molar-refractivity contribution in [2.75, 3.05) is 18.5 Å². The van der Waals surface area contributed by atoms with Gasteiger partial charge in [-0.25, -0.2) is 4.79 Å². The fraction of sp³-hybridized carbons (Fsp3) is 0.364. The zero-order chi connectivity index (χ0) is 20.0. The first kappa shape index (κ1) is 20.5. The van der Waals surface area contributed by atoms with Crippen molar-refractivity contribution in [1.29, 1.82) is 0 Å². The van der Waals surface area contributed by atoms with Crippen LogP contribution in [0.3, 0.4) is 0 Å². The predicted molar refractivity (Wildman–Crippen MR) is 106 cm³/mol. The number of carbonyl (C=O) groups excluding carboxylic acids is 2. The minimum atomic E-state index is -0.558. The summed E-state index contributed by atoms with van der Waals surface area (Å²) in [5.41, 5.74) is 4.19. The molecule has 27 heavy (non-hydrogen) atoms. The quantitative estimate of drug-likeness (QED) is 0.733. The average molecular weight is 369 g/mol. The van der Waals surface area contributed by atoms with Gasteiger partial charge in [-0.15, -0.1) is 0 Å². The highest BCUT2D eigenvalue weighted by molar-refractivity contribution is 5.96. The van der Waals surface area contributed by atoms with Gasteiger partial charge in [0.1, 0.15) is 5.75 Å². The van der Waals surface area contributed by atoms with Crippen molar-refractivity contribution in [2.45, 2.75) is 34.6 Å². The Morgan fingerprint density at radius 3 is 2.33 bits per heavy atom. The number of ether oxygens (including phenoxy) is 2. The van der Waals surface area contributed by atoms with Crippen LogP contribution in [-0.2, 0) is 9.53 Å². The molecule has 0 saturated heterocycles. The van der Waals surface area contributed by atoms with Gasteiger partial charge >= 0.3 is 5.97 Å². The van der Waals surface area contributed by atoms with Gasteiger partial charge in [-0.05, 0) is 56.0 Å². The number of hydrogen-bond donors (Lipinski definition) is 1. The predicted octanol–water partition coefficient (Wildman–Crippen LogP) is 4.44. The minimum absolute atomic E-state index is 0.345. The third-order valence-electron chi connectivity index (χ3n) is 3.93. The molecule has 0 atom stereocenters. The van der Waals surface area contributed by atoms with Crippen molar-refractivity contribution < 1.29 is 19.1 Å². The van der Waals surface area contributed by atoms with Crippen LogP contribution in [0.15, 0.2) is 36.4 Å². The molecular weight excluding hydrogens is 342 g/mol. The van der Waals surface area contributed by atoms with Crippen molar-refractivity contribution in [2.24, 2.45) is 5.92 Å². The van der Waals surface area contributed by atoms with Gasteiger partial charge in [0.2, 0.25) is 0 Å². The molecule has 0 aromatic heterocycles. The lowest BCUT2D eigenvalue weighted by atomic mass is 10.1. The second kappa shape index (κ2) is 9.21. The molecule has 0 unspecified atom stereocenters. The lowest BCUT2D eigenvalue weighted by Crippen LogP contribution is -2.22. The highest BCUT2D eigenvalue weighted by atomic mass is 16.5. The number of benzene rings is 2. The molecule has 0 aliphatic rings. The van der Waals surface area contributed by atoms with E-state index in [1.807, 2.05) is 46.8 Å². The zero-order valence-electron chi connectivity index (χ0n) is 16.6. The molecule has 0 aliphatic carbocycles. The summed E-state index contributed by atoms with van der Waals surface area (Å²) in [5.74, 6) is 0.0645. The number of esters is 1. The molecule has 2 aromatic rings. The van der Waals surface area contributed by atoms with Crippen LogP contribution in [-0.4, -0.2) is 25.1 Å². The Hall–Kier alpha value is -2.82. The molecule has 1 amide bonds. The maximum absolute atomic E-state index is 12.2. The Morgan fingerprint density at radius 1 is 1.04 bits per heavy atom. The molecule has 2 rings (SSSR count). The molecule has 2 aromatic carbocycles. The van der Waals surface area contributed by atoms with Gasteiger partial charge in [0.05, 0.1) is 12.2 Å². The molecule has 1 N–H and O–H groups in total. The molecule has 0 aliphatic heterocycles. The van der Waals surface area contributed by atoms with Crippen LogP contribution in [0.1, 0.15) is 40.9 Å². The number of amides is 1. The van der Waals surface area contributed by atoms with E-state index in [1.165, 1.54) is 0 Å². The minimum Gasteiger partial charge on any atom is -0.493 e. The van der Waals surface area contributed by atoms with E-state index >= 15 is 0 Å². The second-order valence-electron chi connectivity index (χ2n) is 7.13. The number of carbonyl (C=O) groups is 2. The van der Waals surface area contributed by atoms with Crippen LogP contribution in [0.5, 0.6) is 5.75 Å². The van der Waals surface area contributed by atoms with Gasteiger partial charge in [0.15, 0.2) is 6.61 Å². The first-order valence-electron chi connectivity index (χ1n) is 9.04. The van der Waals surface area contributed by atoms with E-state index in [0.29, 0.717) is 23.8 Å². The molecule has 0 heterocycles. The molecule has 0 bridgehead atoms. The molecule has 5 heteroatoms. The van der Waals surface area contributed by atoms with Crippen LogP contribution in [0, 0.1) is 26.7 Å². The van der Waals surface area contributed by atoms with Crippen LogP contribution in [0.25, 0.3) is 0 Å². The van der Waals surface area contributed by atoms with E-state index in [0.717, 1.165) is 22.4 Å². The van der Waals surface area contributed by atoms with Crippen molar-refractivity contribution in [1.82, 2.24) is 0 Å². The van der Waals surface area contributed by atoms with E-state index in [2.05, 4.69) is 5.32 Å². The monoisotopic (exact) mass is 369 g/mol. The van der Waals surface area contributed by atoms with Gasteiger partial charge in [0.25, 0.3) is 5.91 Å². The van der Waals surface area contributed by atoms with Gasteiger partial charge in [-0.1, -0.05) is 37.6 Å². The summed E-state index contributed by atoms with van der Waals surface area (Å²) in [6.07, 6.45) is 0. The topological polar surface area (TPSA) is 64.6 Å². The van der Waals surface area contributed by atoms with E-state index in [9.17, 15) is 9.59 Å². The lowest BCUT2D eigenvalue weighted by Gasteiger charge is -2.13. The van der Waals surface area contributed by atoms with Crippen molar-refractivity contribution in [3.05, 3.63) is 58.7 Å². The Kier molecular flexibility index (Phi) is 6.99. The summed E-state index contributed by atoms with van der Waals surface area (Å²) in [6.45, 7) is 10.2. The van der Waals surface area contributed by atoms with Crippen LogP contribution >= 0.6 is 0 Å². The van der Waals surface area contributed by atoms with E-state index in [4.69, 9.17) is 9.47 Å². The van der Waals surface area contributed by atoms with E-state index in [-0.39, 0.29) is 12.5 Å². The summed E-state index contributed by atoms with van der Waals surface area (Å²) in [6, 6.07) is 10.8. The molecule has 144 valence electrons. The first-order valence-corrected chi connectivity index (χ1v) is 9.04. The fourth-order valence-electron chi connectivity index (χ4n) is 2.74. The van der Waals surface area contributed by atoms with Crippen LogP contribution in [0.2, 0.25) is 0 Å². The third kappa shape index (κ3) is 6.13. The Balaban J connectivity index is 1.93. The third-order valence-corrected chi connectivity index (χ3v) is 3.93. The normalized spacial score (nSPS) is 10.6. The lowest BCUT2D eigenvalue weighted by molar-refractivity contribution is -0.119. The van der Waals surface area contributed by atoms with Crippen LogP contribution in [0.4, 0.5) is 5.69 Å². The molecule has 0 saturated carbocycles. The highest BCUT2D eigenvalue weighted by Crippen LogP contribution is 2.22.